The van der Waals surface area contributed by atoms with Gasteiger partial charge in [0.1, 0.15) is 5.76 Å². The van der Waals surface area contributed by atoms with Gasteiger partial charge in [-0.25, -0.2) is 13.6 Å². The van der Waals surface area contributed by atoms with Crippen LogP contribution in [-0.2, 0) is 16.6 Å². The zero-order chi connectivity index (χ0) is 22.8. The minimum absolute atomic E-state index is 0.0116. The van der Waals surface area contributed by atoms with E-state index in [0.717, 1.165) is 0 Å². The van der Waals surface area contributed by atoms with E-state index in [2.05, 4.69) is 5.32 Å². The van der Waals surface area contributed by atoms with Gasteiger partial charge in [0.25, 0.3) is 11.8 Å². The summed E-state index contributed by atoms with van der Waals surface area (Å²) in [6, 6.07) is 12.2. The molecule has 1 heterocycles. The molecule has 0 aliphatic carbocycles. The zero-order valence-corrected chi connectivity index (χ0v) is 18.3. The summed E-state index contributed by atoms with van der Waals surface area (Å²) >= 11 is 6.07. The zero-order valence-electron chi connectivity index (χ0n) is 16.8. The SMILES string of the molecule is Cc1occc1C(=O)Nc1cc(Cl)ccc1C(=O)N(C)Cc1ccccc1S(N)(=O)=O. The Balaban J connectivity index is 1.89. The lowest BCUT2D eigenvalue weighted by atomic mass is 10.1. The number of halogens is 1. The first kappa shape index (κ1) is 22.5. The number of benzene rings is 2. The first-order chi connectivity index (χ1) is 14.6. The highest BCUT2D eigenvalue weighted by atomic mass is 35.5. The molecule has 0 spiro atoms. The summed E-state index contributed by atoms with van der Waals surface area (Å²) in [6.45, 7) is 1.64. The lowest BCUT2D eigenvalue weighted by Crippen LogP contribution is -2.28. The fourth-order valence-electron chi connectivity index (χ4n) is 3.06. The second kappa shape index (κ2) is 8.93. The molecule has 0 fully saturated rings. The molecule has 1 aromatic heterocycles. The molecule has 3 rings (SSSR count). The molecule has 0 aliphatic heterocycles. The number of hydrogen-bond donors (Lipinski definition) is 2. The predicted molar refractivity (Wildman–Crippen MR) is 116 cm³/mol. The van der Waals surface area contributed by atoms with Crippen LogP contribution in [0.1, 0.15) is 32.0 Å². The second-order valence-corrected chi connectivity index (χ2v) is 8.81. The van der Waals surface area contributed by atoms with Gasteiger partial charge in [-0.05, 0) is 42.8 Å². The highest BCUT2D eigenvalue weighted by molar-refractivity contribution is 7.89. The van der Waals surface area contributed by atoms with Crippen molar-refractivity contribution in [2.24, 2.45) is 5.14 Å². The molecular weight excluding hydrogens is 442 g/mol. The number of nitrogens with zero attached hydrogens (tertiary/aromatic N) is 1. The number of carbonyl (C=O) groups excluding carboxylic acids is 2. The Bertz CT molecular complexity index is 1250. The number of carbonyl (C=O) groups is 2. The van der Waals surface area contributed by atoms with Crippen molar-refractivity contribution >= 4 is 39.1 Å². The topological polar surface area (TPSA) is 123 Å². The Hall–Kier alpha value is -3.14. The van der Waals surface area contributed by atoms with Crippen LogP contribution in [0.15, 0.2) is 64.1 Å². The number of aryl methyl sites for hydroxylation is 1. The van der Waals surface area contributed by atoms with Gasteiger partial charge in [-0.3, -0.25) is 9.59 Å². The van der Waals surface area contributed by atoms with Crippen molar-refractivity contribution in [3.8, 4) is 0 Å². The summed E-state index contributed by atoms with van der Waals surface area (Å²) in [5.74, 6) is -0.464. The maximum absolute atomic E-state index is 13.1. The van der Waals surface area contributed by atoms with Crippen LogP contribution < -0.4 is 10.5 Å². The number of hydrogen-bond acceptors (Lipinski definition) is 5. The molecule has 0 saturated heterocycles. The van der Waals surface area contributed by atoms with Gasteiger partial charge in [0.15, 0.2) is 0 Å². The van der Waals surface area contributed by atoms with Gasteiger partial charge in [0, 0.05) is 18.6 Å². The first-order valence-corrected chi connectivity index (χ1v) is 11.0. The quantitative estimate of drug-likeness (QED) is 0.582. The standard InChI is InChI=1S/C21H20ClN3O5S/c1-13-16(9-10-30-13)20(26)24-18-11-15(22)7-8-17(18)21(27)25(2)12-14-5-3-4-6-19(14)31(23,28)29/h3-11H,12H2,1-2H3,(H,24,26)(H2,23,28,29). The molecule has 0 saturated carbocycles. The fourth-order valence-corrected chi connectivity index (χ4v) is 4.00. The minimum atomic E-state index is -3.95. The Morgan fingerprint density at radius 2 is 1.84 bits per heavy atom. The number of nitrogens with two attached hydrogens (primary N) is 1. The molecule has 2 amide bonds. The Morgan fingerprint density at radius 1 is 1.13 bits per heavy atom. The van der Waals surface area contributed by atoms with Crippen molar-refractivity contribution < 1.29 is 22.4 Å². The Labute approximate surface area is 184 Å². The van der Waals surface area contributed by atoms with E-state index >= 15 is 0 Å². The number of amides is 2. The molecular formula is C21H20ClN3O5S. The first-order valence-electron chi connectivity index (χ1n) is 9.09. The van der Waals surface area contributed by atoms with Crippen LogP contribution in [0.3, 0.4) is 0 Å². The van der Waals surface area contributed by atoms with E-state index in [9.17, 15) is 18.0 Å². The van der Waals surface area contributed by atoms with Gasteiger partial charge < -0.3 is 14.6 Å². The largest absolute Gasteiger partial charge is 0.469 e. The lowest BCUT2D eigenvalue weighted by Gasteiger charge is -2.20. The molecule has 0 bridgehead atoms. The smallest absolute Gasteiger partial charge is 0.259 e. The third kappa shape index (κ3) is 5.13. The van der Waals surface area contributed by atoms with Crippen molar-refractivity contribution in [1.29, 1.82) is 0 Å². The summed E-state index contributed by atoms with van der Waals surface area (Å²) in [6.07, 6.45) is 1.39. The summed E-state index contributed by atoms with van der Waals surface area (Å²) in [5, 5.41) is 8.29. The molecule has 2 aromatic carbocycles. The van der Waals surface area contributed by atoms with E-state index in [1.54, 1.807) is 25.1 Å². The maximum atomic E-state index is 13.1. The lowest BCUT2D eigenvalue weighted by molar-refractivity contribution is 0.0785. The summed E-state index contributed by atoms with van der Waals surface area (Å²) < 4.78 is 28.8. The number of primary sulfonamides is 1. The molecule has 0 radical (unpaired) electrons. The van der Waals surface area contributed by atoms with E-state index in [1.165, 1.54) is 48.5 Å². The van der Waals surface area contributed by atoms with Crippen molar-refractivity contribution in [2.45, 2.75) is 18.4 Å². The monoisotopic (exact) mass is 461 g/mol. The van der Waals surface area contributed by atoms with Crippen molar-refractivity contribution in [2.75, 3.05) is 12.4 Å². The summed E-state index contributed by atoms with van der Waals surface area (Å²) in [7, 11) is -2.43. The van der Waals surface area contributed by atoms with Crippen LogP contribution in [0.5, 0.6) is 0 Å². The normalized spacial score (nSPS) is 11.2. The number of sulfonamides is 1. The third-order valence-electron chi connectivity index (χ3n) is 4.60. The van der Waals surface area contributed by atoms with Gasteiger partial charge in [-0.15, -0.1) is 0 Å². The number of rotatable bonds is 6. The van der Waals surface area contributed by atoms with Crippen LogP contribution in [-0.4, -0.2) is 32.2 Å². The predicted octanol–water partition coefficient (Wildman–Crippen LogP) is 3.41. The van der Waals surface area contributed by atoms with E-state index in [0.29, 0.717) is 21.9 Å². The van der Waals surface area contributed by atoms with Crippen LogP contribution in [0.2, 0.25) is 5.02 Å². The number of anilines is 1. The average molecular weight is 462 g/mol. The second-order valence-electron chi connectivity index (χ2n) is 6.85. The molecule has 0 unspecified atom stereocenters. The molecule has 0 atom stereocenters. The van der Waals surface area contributed by atoms with Gasteiger partial charge in [-0.2, -0.15) is 0 Å². The van der Waals surface area contributed by atoms with Crippen molar-refractivity contribution in [3.63, 3.8) is 0 Å². The van der Waals surface area contributed by atoms with Gasteiger partial charge >= 0.3 is 0 Å². The molecule has 0 aliphatic rings. The van der Waals surface area contributed by atoms with Gasteiger partial charge in [0.05, 0.1) is 28.0 Å². The van der Waals surface area contributed by atoms with Crippen LogP contribution in [0.4, 0.5) is 5.69 Å². The van der Waals surface area contributed by atoms with Crippen molar-refractivity contribution in [1.82, 2.24) is 4.90 Å². The minimum Gasteiger partial charge on any atom is -0.469 e. The highest BCUT2D eigenvalue weighted by Gasteiger charge is 2.22. The fraction of sp³-hybridized carbons (Fsp3) is 0.143. The molecule has 8 nitrogen and oxygen atoms in total. The third-order valence-corrected chi connectivity index (χ3v) is 5.84. The summed E-state index contributed by atoms with van der Waals surface area (Å²) in [5.41, 5.74) is 1.10. The summed E-state index contributed by atoms with van der Waals surface area (Å²) in [4.78, 5) is 27.0. The Morgan fingerprint density at radius 3 is 2.48 bits per heavy atom. The van der Waals surface area contributed by atoms with Crippen LogP contribution in [0.25, 0.3) is 0 Å². The molecule has 3 aromatic rings. The van der Waals surface area contributed by atoms with E-state index in [1.807, 2.05) is 0 Å². The van der Waals surface area contributed by atoms with Crippen molar-refractivity contribution in [3.05, 3.63) is 82.3 Å². The van der Waals surface area contributed by atoms with Gasteiger partial charge in [0.2, 0.25) is 10.0 Å². The number of nitrogens with one attached hydrogen (secondary N) is 1. The molecule has 3 N–H and O–H groups in total. The molecule has 10 heteroatoms. The van der Waals surface area contributed by atoms with Crippen LogP contribution in [0, 0.1) is 6.92 Å². The number of furan rings is 1. The van der Waals surface area contributed by atoms with E-state index < -0.39 is 21.8 Å². The maximum Gasteiger partial charge on any atom is 0.259 e. The van der Waals surface area contributed by atoms with E-state index in [4.69, 9.17) is 21.2 Å². The van der Waals surface area contributed by atoms with Crippen LogP contribution >= 0.6 is 11.6 Å². The van der Waals surface area contributed by atoms with E-state index in [-0.39, 0.29) is 22.7 Å². The molecule has 31 heavy (non-hydrogen) atoms. The highest BCUT2D eigenvalue weighted by Crippen LogP contribution is 2.25. The molecule has 162 valence electrons. The van der Waals surface area contributed by atoms with Gasteiger partial charge in [-0.1, -0.05) is 29.8 Å². The average Bonchev–Trinajstić information content (AvgIpc) is 3.13. The Kier molecular flexibility index (Phi) is 6.49.